The Hall–Kier alpha value is -3.42. The SMILES string of the molecule is COC(=O)[C@H](Cc1c[nH]c2ccccc12)NC(=O)CCC(=O)O[C@@H]1CC[C@@H]2[C@H]3CCC4=CC(=O)CC[C@]4(C)[C@H]3CC[C@@]21C. The largest absolute Gasteiger partial charge is 0.467 e. The van der Waals surface area contributed by atoms with Crippen molar-refractivity contribution < 1.29 is 28.7 Å². The van der Waals surface area contributed by atoms with Gasteiger partial charge in [0, 0.05) is 41.8 Å². The van der Waals surface area contributed by atoms with Crippen molar-refractivity contribution in [2.45, 2.75) is 96.6 Å². The third-order valence-corrected chi connectivity index (χ3v) is 11.6. The van der Waals surface area contributed by atoms with Crippen molar-refractivity contribution in [1.29, 1.82) is 0 Å². The van der Waals surface area contributed by atoms with Gasteiger partial charge in [0.1, 0.15) is 12.1 Å². The van der Waals surface area contributed by atoms with Gasteiger partial charge in [-0.1, -0.05) is 37.6 Å². The van der Waals surface area contributed by atoms with Gasteiger partial charge < -0.3 is 19.8 Å². The van der Waals surface area contributed by atoms with Crippen molar-refractivity contribution >= 4 is 34.5 Å². The molecule has 2 aromatic rings. The minimum absolute atomic E-state index is 0.0314. The van der Waals surface area contributed by atoms with Crippen LogP contribution in [0.2, 0.25) is 0 Å². The molecule has 2 N–H and O–H groups in total. The van der Waals surface area contributed by atoms with E-state index in [1.54, 1.807) is 0 Å². The first kappa shape index (κ1) is 29.6. The third kappa shape index (κ3) is 5.42. The number of rotatable bonds is 8. The van der Waals surface area contributed by atoms with Crippen LogP contribution in [0, 0.1) is 28.6 Å². The molecule has 4 aliphatic carbocycles. The molecule has 0 bridgehead atoms. The predicted molar refractivity (Wildman–Crippen MR) is 162 cm³/mol. The van der Waals surface area contributed by atoms with Crippen molar-refractivity contribution in [3.8, 4) is 0 Å². The summed E-state index contributed by atoms with van der Waals surface area (Å²) in [7, 11) is 1.30. The molecule has 1 aromatic heterocycles. The maximum Gasteiger partial charge on any atom is 0.328 e. The number of para-hydroxylation sites is 1. The van der Waals surface area contributed by atoms with Crippen LogP contribution >= 0.6 is 0 Å². The van der Waals surface area contributed by atoms with Gasteiger partial charge in [-0.05, 0) is 85.8 Å². The summed E-state index contributed by atoms with van der Waals surface area (Å²) in [5.41, 5.74) is 3.29. The molecule has 1 heterocycles. The smallest absolute Gasteiger partial charge is 0.328 e. The molecule has 8 heteroatoms. The second-order valence-corrected chi connectivity index (χ2v) is 13.8. The van der Waals surface area contributed by atoms with Gasteiger partial charge in [0.15, 0.2) is 5.78 Å². The maximum absolute atomic E-state index is 13.0. The zero-order chi connectivity index (χ0) is 30.4. The minimum atomic E-state index is -0.854. The topological polar surface area (TPSA) is 115 Å². The number of fused-ring (bicyclic) bond motifs is 6. The van der Waals surface area contributed by atoms with E-state index in [1.807, 2.05) is 36.5 Å². The lowest BCUT2D eigenvalue weighted by molar-refractivity contribution is -0.160. The highest BCUT2D eigenvalue weighted by Crippen LogP contribution is 2.65. The second-order valence-electron chi connectivity index (χ2n) is 13.8. The van der Waals surface area contributed by atoms with Crippen molar-refractivity contribution in [3.63, 3.8) is 0 Å². The molecule has 1 amide bonds. The molecule has 6 rings (SSSR count). The first-order chi connectivity index (χ1) is 20.6. The number of ether oxygens (including phenoxy) is 2. The molecule has 3 fully saturated rings. The van der Waals surface area contributed by atoms with Crippen LogP contribution in [-0.2, 0) is 35.1 Å². The summed E-state index contributed by atoms with van der Waals surface area (Å²) in [6.07, 6.45) is 11.6. The van der Waals surface area contributed by atoms with Crippen molar-refractivity contribution in [2.24, 2.45) is 28.6 Å². The van der Waals surface area contributed by atoms with Crippen LogP contribution in [0.3, 0.4) is 0 Å². The van der Waals surface area contributed by atoms with Crippen molar-refractivity contribution in [3.05, 3.63) is 47.7 Å². The molecule has 0 saturated heterocycles. The molecular formula is C35H44N2O6. The summed E-state index contributed by atoms with van der Waals surface area (Å²) in [6.45, 7) is 4.68. The fraction of sp³-hybridized carbons (Fsp3) is 0.600. The number of H-pyrrole nitrogens is 1. The van der Waals surface area contributed by atoms with Gasteiger partial charge in [-0.3, -0.25) is 14.4 Å². The highest BCUT2D eigenvalue weighted by Gasteiger charge is 2.60. The molecular weight excluding hydrogens is 544 g/mol. The van der Waals surface area contributed by atoms with Crippen molar-refractivity contribution in [2.75, 3.05) is 7.11 Å². The Morgan fingerprint density at radius 1 is 1.02 bits per heavy atom. The molecule has 4 aliphatic rings. The number of ketones is 1. The number of carbonyl (C=O) groups excluding carboxylic acids is 4. The number of aromatic amines is 1. The molecule has 8 nitrogen and oxygen atoms in total. The molecule has 3 saturated carbocycles. The standard InChI is InChI=1S/C35H44N2O6/c1-34-16-14-23(38)19-22(34)8-9-25-26-10-11-30(35(26,2)17-15-27(25)34)43-32(40)13-12-31(39)37-29(33(41)42-3)18-21-20-36-28-7-5-4-6-24(21)28/h4-7,19-20,25-27,29-30,36H,8-18H2,1-3H3,(H,37,39)/t25-,26-,27+,29+,30-,34+,35+/m1/s1. The van der Waals surface area contributed by atoms with Gasteiger partial charge in [0.05, 0.1) is 13.5 Å². The maximum atomic E-state index is 13.0. The zero-order valence-electron chi connectivity index (χ0n) is 25.6. The summed E-state index contributed by atoms with van der Waals surface area (Å²) < 4.78 is 11.1. The van der Waals surface area contributed by atoms with E-state index < -0.39 is 12.0 Å². The molecule has 0 aliphatic heterocycles. The van der Waals surface area contributed by atoms with Crippen LogP contribution in [-0.4, -0.2) is 47.9 Å². The predicted octanol–water partition coefficient (Wildman–Crippen LogP) is 5.59. The van der Waals surface area contributed by atoms with E-state index in [4.69, 9.17) is 9.47 Å². The van der Waals surface area contributed by atoms with E-state index in [0.717, 1.165) is 61.4 Å². The molecule has 230 valence electrons. The van der Waals surface area contributed by atoms with Gasteiger partial charge in [0.25, 0.3) is 0 Å². The van der Waals surface area contributed by atoms with Gasteiger partial charge in [0.2, 0.25) is 5.91 Å². The number of nitrogens with one attached hydrogen (secondary N) is 2. The Balaban J connectivity index is 1.04. The van der Waals surface area contributed by atoms with Crippen LogP contribution in [0.5, 0.6) is 0 Å². The lowest BCUT2D eigenvalue weighted by Crippen LogP contribution is -2.51. The summed E-state index contributed by atoms with van der Waals surface area (Å²) >= 11 is 0. The van der Waals surface area contributed by atoms with Crippen LogP contribution < -0.4 is 5.32 Å². The lowest BCUT2D eigenvalue weighted by Gasteiger charge is -2.57. The van der Waals surface area contributed by atoms with E-state index in [0.29, 0.717) is 24.2 Å². The van der Waals surface area contributed by atoms with E-state index in [-0.39, 0.29) is 53.9 Å². The highest BCUT2D eigenvalue weighted by molar-refractivity contribution is 5.91. The van der Waals surface area contributed by atoms with Crippen LogP contribution in [0.25, 0.3) is 10.9 Å². The van der Waals surface area contributed by atoms with Crippen LogP contribution in [0.1, 0.15) is 83.6 Å². The minimum Gasteiger partial charge on any atom is -0.467 e. The Morgan fingerprint density at radius 3 is 2.65 bits per heavy atom. The number of hydrogen-bond donors (Lipinski definition) is 2. The van der Waals surface area contributed by atoms with E-state index in [1.165, 1.54) is 12.7 Å². The second kappa shape index (κ2) is 11.6. The average Bonchev–Trinajstić information content (AvgIpc) is 3.56. The number of hydrogen-bond acceptors (Lipinski definition) is 6. The summed E-state index contributed by atoms with van der Waals surface area (Å²) in [4.78, 5) is 53.7. The van der Waals surface area contributed by atoms with Gasteiger partial charge in [-0.25, -0.2) is 4.79 Å². The van der Waals surface area contributed by atoms with Gasteiger partial charge in [-0.15, -0.1) is 0 Å². The normalized spacial score (nSPS) is 32.2. The molecule has 0 radical (unpaired) electrons. The van der Waals surface area contributed by atoms with E-state index >= 15 is 0 Å². The first-order valence-corrected chi connectivity index (χ1v) is 16.0. The molecule has 7 atom stereocenters. The highest BCUT2D eigenvalue weighted by atomic mass is 16.5. The quantitative estimate of drug-likeness (QED) is 0.389. The number of allylic oxidation sites excluding steroid dienone is 1. The molecule has 0 unspecified atom stereocenters. The number of aromatic nitrogens is 1. The van der Waals surface area contributed by atoms with Gasteiger partial charge >= 0.3 is 11.9 Å². The Kier molecular flexibility index (Phi) is 7.99. The summed E-state index contributed by atoms with van der Waals surface area (Å²) in [6, 6.07) is 6.93. The average molecular weight is 589 g/mol. The van der Waals surface area contributed by atoms with Crippen LogP contribution in [0.15, 0.2) is 42.1 Å². The Morgan fingerprint density at radius 2 is 1.84 bits per heavy atom. The molecule has 43 heavy (non-hydrogen) atoms. The molecule has 1 aromatic carbocycles. The van der Waals surface area contributed by atoms with Gasteiger partial charge in [-0.2, -0.15) is 0 Å². The summed E-state index contributed by atoms with van der Waals surface area (Å²) in [5, 5.41) is 3.76. The molecule has 0 spiro atoms. The number of methoxy groups -OCH3 is 1. The zero-order valence-corrected chi connectivity index (χ0v) is 25.6. The number of esters is 2. The summed E-state index contributed by atoms with van der Waals surface area (Å²) in [5.74, 6) is 0.702. The number of amides is 1. The van der Waals surface area contributed by atoms with E-state index in [2.05, 4.69) is 24.1 Å². The van der Waals surface area contributed by atoms with E-state index in [9.17, 15) is 19.2 Å². The van der Waals surface area contributed by atoms with Crippen molar-refractivity contribution in [1.82, 2.24) is 10.3 Å². The third-order valence-electron chi connectivity index (χ3n) is 11.6. The van der Waals surface area contributed by atoms with Crippen LogP contribution in [0.4, 0.5) is 0 Å². The number of benzene rings is 1. The Labute approximate surface area is 253 Å². The lowest BCUT2D eigenvalue weighted by atomic mass is 9.47. The first-order valence-electron chi connectivity index (χ1n) is 16.0. The number of carbonyl (C=O) groups is 4. The monoisotopic (exact) mass is 588 g/mol. The fourth-order valence-corrected chi connectivity index (χ4v) is 9.26. The Bertz CT molecular complexity index is 1460. The fourth-order valence-electron chi connectivity index (χ4n) is 9.26.